The number of benzene rings is 1. The smallest absolute Gasteiger partial charge is 0.0985 e. The minimum atomic E-state index is -0.0509. The van der Waals surface area contributed by atoms with E-state index in [0.717, 1.165) is 0 Å². The molecule has 2 rings (SSSR count). The van der Waals surface area contributed by atoms with Gasteiger partial charge in [-0.2, -0.15) is 0 Å². The molecule has 5 heteroatoms. The minimum Gasteiger partial charge on any atom is -0.0985 e. The minimum absolute atomic E-state index is 0.0278. The number of rotatable bonds is 0. The third-order valence-corrected chi connectivity index (χ3v) is 2.21. The first-order chi connectivity index (χ1) is 5.29. The van der Waals surface area contributed by atoms with Crippen molar-refractivity contribution in [2.75, 3.05) is 5.23 Å². The van der Waals surface area contributed by atoms with E-state index in [1.807, 2.05) is 0 Å². The van der Waals surface area contributed by atoms with E-state index in [-0.39, 0.29) is 15.6 Å². The van der Waals surface area contributed by atoms with Crippen molar-refractivity contribution in [3.05, 3.63) is 24.3 Å². The van der Waals surface area contributed by atoms with Gasteiger partial charge in [0, 0.05) is 16.6 Å². The van der Waals surface area contributed by atoms with Gasteiger partial charge in [-0.15, -0.1) is 0 Å². The largest absolute Gasteiger partial charge is 0.106 e. The van der Waals surface area contributed by atoms with Crippen molar-refractivity contribution < 1.29 is 8.96 Å². The van der Waals surface area contributed by atoms with Crippen LogP contribution in [-0.4, -0.2) is 4.64 Å². The van der Waals surface area contributed by atoms with Crippen LogP contribution < -0.4 is 5.23 Å². The highest BCUT2D eigenvalue weighted by atomic mass is 32.2. The number of hydrazine groups is 1. The topological polar surface area (TPSA) is 6.48 Å². The lowest BCUT2D eigenvalue weighted by Crippen LogP contribution is -2.17. The molecular formula is C6H4F2N2S. The van der Waals surface area contributed by atoms with Crippen LogP contribution in [0.1, 0.15) is 0 Å². The first-order valence-electron chi connectivity index (χ1n) is 2.98. The maximum atomic E-state index is 12.7. The second-order valence-corrected chi connectivity index (χ2v) is 2.97. The van der Waals surface area contributed by atoms with Gasteiger partial charge in [0.05, 0.1) is 4.90 Å². The summed E-state index contributed by atoms with van der Waals surface area (Å²) in [7, 11) is 0. The third-order valence-electron chi connectivity index (χ3n) is 1.38. The highest BCUT2D eigenvalue weighted by Gasteiger charge is 2.28. The van der Waals surface area contributed by atoms with Crippen molar-refractivity contribution in [1.82, 2.24) is 4.64 Å². The van der Waals surface area contributed by atoms with Gasteiger partial charge in [-0.25, -0.2) is 0 Å². The predicted octanol–water partition coefficient (Wildman–Crippen LogP) is 2.50. The molecule has 0 amide bonds. The monoisotopic (exact) mass is 174 g/mol. The van der Waals surface area contributed by atoms with E-state index in [1.165, 1.54) is 6.07 Å². The Morgan fingerprint density at radius 3 is 2.64 bits per heavy atom. The molecule has 11 heavy (non-hydrogen) atoms. The zero-order valence-electron chi connectivity index (χ0n) is 5.37. The molecule has 0 radical (unpaired) electrons. The molecule has 0 saturated carbocycles. The van der Waals surface area contributed by atoms with Crippen LogP contribution in [0.5, 0.6) is 0 Å². The molecule has 2 nitrogen and oxygen atoms in total. The number of halogens is 2. The fourth-order valence-electron chi connectivity index (χ4n) is 0.888. The summed E-state index contributed by atoms with van der Waals surface area (Å²) in [6.07, 6.45) is 0. The highest BCUT2D eigenvalue weighted by Crippen LogP contribution is 2.42. The zero-order chi connectivity index (χ0) is 7.84. The lowest BCUT2D eigenvalue weighted by molar-refractivity contribution is 0.0760. The molecule has 1 aromatic carbocycles. The fraction of sp³-hybridized carbons (Fsp3) is 0. The second-order valence-electron chi connectivity index (χ2n) is 2.05. The van der Waals surface area contributed by atoms with Crippen LogP contribution in [0.2, 0.25) is 0 Å². The molecule has 58 valence electrons. The average molecular weight is 174 g/mol. The summed E-state index contributed by atoms with van der Waals surface area (Å²) in [5.74, 6) is 0. The Balaban J connectivity index is 2.47. The molecule has 0 spiro atoms. The average Bonchev–Trinajstić information content (AvgIpc) is 2.30. The van der Waals surface area contributed by atoms with Crippen molar-refractivity contribution in [3.8, 4) is 0 Å². The van der Waals surface area contributed by atoms with Gasteiger partial charge < -0.3 is 0 Å². The van der Waals surface area contributed by atoms with Gasteiger partial charge in [0.2, 0.25) is 0 Å². The molecule has 0 aromatic heterocycles. The third kappa shape index (κ3) is 0.965. The van der Waals surface area contributed by atoms with E-state index in [2.05, 4.69) is 0 Å². The molecule has 0 aliphatic carbocycles. The first-order valence-corrected chi connectivity index (χ1v) is 3.75. The van der Waals surface area contributed by atoms with Crippen molar-refractivity contribution in [1.29, 1.82) is 0 Å². The lowest BCUT2D eigenvalue weighted by atomic mass is 10.3. The molecule has 0 atom stereocenters. The van der Waals surface area contributed by atoms with Crippen LogP contribution in [0.25, 0.3) is 0 Å². The summed E-state index contributed by atoms with van der Waals surface area (Å²) in [5.41, 5.74) is 0.250. The highest BCUT2D eigenvalue weighted by molar-refractivity contribution is 7.97. The molecule has 0 bridgehead atoms. The Kier molecular flexibility index (Phi) is 1.47. The molecule has 1 aliphatic heterocycles. The van der Waals surface area contributed by atoms with E-state index in [9.17, 15) is 8.96 Å². The summed E-state index contributed by atoms with van der Waals surface area (Å²) in [4.78, 5) is 0.581. The van der Waals surface area contributed by atoms with Gasteiger partial charge in [-0.1, -0.05) is 26.3 Å². The number of fused-ring (bicyclic) bond motifs is 1. The van der Waals surface area contributed by atoms with Crippen molar-refractivity contribution in [2.45, 2.75) is 4.90 Å². The Hall–Kier alpha value is -0.810. The molecule has 1 heterocycles. The van der Waals surface area contributed by atoms with Crippen molar-refractivity contribution in [3.63, 3.8) is 0 Å². The normalized spacial score (nSPS) is 17.1. The van der Waals surface area contributed by atoms with Crippen molar-refractivity contribution >= 4 is 17.6 Å². The Morgan fingerprint density at radius 2 is 1.91 bits per heavy atom. The van der Waals surface area contributed by atoms with E-state index >= 15 is 0 Å². The van der Waals surface area contributed by atoms with Gasteiger partial charge in [-0.05, 0) is 12.1 Å². The maximum absolute atomic E-state index is 12.7. The van der Waals surface area contributed by atoms with Crippen LogP contribution >= 0.6 is 11.9 Å². The zero-order valence-corrected chi connectivity index (χ0v) is 6.18. The van der Waals surface area contributed by atoms with Crippen LogP contribution in [0.4, 0.5) is 14.6 Å². The summed E-state index contributed by atoms with van der Waals surface area (Å²) >= 11 is 0.717. The Bertz CT molecular complexity index is 281. The van der Waals surface area contributed by atoms with E-state index in [1.54, 1.807) is 18.2 Å². The number of para-hydroxylation sites is 1. The van der Waals surface area contributed by atoms with Crippen LogP contribution in [0.3, 0.4) is 0 Å². The lowest BCUT2D eigenvalue weighted by Gasteiger charge is -2.07. The first kappa shape index (κ1) is 6.87. The Morgan fingerprint density at radius 1 is 1.18 bits per heavy atom. The van der Waals surface area contributed by atoms with Crippen LogP contribution in [0, 0.1) is 0 Å². The Labute approximate surface area is 66.4 Å². The molecular weight excluding hydrogens is 170 g/mol. The molecule has 1 aliphatic rings. The number of hydrogen-bond donors (Lipinski definition) is 0. The van der Waals surface area contributed by atoms with E-state index in [0.29, 0.717) is 16.8 Å². The van der Waals surface area contributed by atoms with Crippen LogP contribution in [0.15, 0.2) is 29.2 Å². The number of nitrogens with zero attached hydrogens (tertiary/aromatic N) is 2. The SMILES string of the molecule is FN1Sc2ccccc2N1F. The summed E-state index contributed by atoms with van der Waals surface area (Å²) in [6.45, 7) is 0. The van der Waals surface area contributed by atoms with Gasteiger partial charge in [0.1, 0.15) is 5.69 Å². The predicted molar refractivity (Wildman–Crippen MR) is 38.8 cm³/mol. The molecule has 0 N–H and O–H groups in total. The van der Waals surface area contributed by atoms with Gasteiger partial charge in [0.25, 0.3) is 0 Å². The summed E-state index contributed by atoms with van der Waals surface area (Å²) in [6, 6.07) is 6.57. The van der Waals surface area contributed by atoms with E-state index in [4.69, 9.17) is 0 Å². The molecule has 0 fully saturated rings. The quantitative estimate of drug-likeness (QED) is 0.440. The molecule has 0 saturated heterocycles. The van der Waals surface area contributed by atoms with Crippen LogP contribution in [-0.2, 0) is 0 Å². The number of hydrogen-bond acceptors (Lipinski definition) is 3. The standard InChI is InChI=1S/C6H4F2N2S/c7-9-5-3-1-2-4-6(5)11-10(9)8/h1-4H. The second kappa shape index (κ2) is 2.35. The maximum Gasteiger partial charge on any atom is 0.106 e. The molecule has 0 unspecified atom stereocenters. The molecule has 1 aromatic rings. The van der Waals surface area contributed by atoms with Gasteiger partial charge in [0.15, 0.2) is 0 Å². The fourth-order valence-corrected chi connectivity index (χ4v) is 1.59. The van der Waals surface area contributed by atoms with Gasteiger partial charge in [-0.3, -0.25) is 0 Å². The summed E-state index contributed by atoms with van der Waals surface area (Å²) in [5, 5.41) is -0.0278. The van der Waals surface area contributed by atoms with Gasteiger partial charge >= 0.3 is 0 Å². The van der Waals surface area contributed by atoms with Crippen molar-refractivity contribution in [2.24, 2.45) is 0 Å². The van der Waals surface area contributed by atoms with E-state index < -0.39 is 0 Å². The summed E-state index contributed by atoms with van der Waals surface area (Å²) < 4.78 is 25.1. The number of anilines is 1.